The van der Waals surface area contributed by atoms with Crippen LogP contribution in [0, 0.1) is 17.2 Å². The third-order valence-corrected chi connectivity index (χ3v) is 7.96. The van der Waals surface area contributed by atoms with Gasteiger partial charge in [-0.05, 0) is 55.7 Å². The normalized spacial score (nSPS) is 23.0. The highest BCUT2D eigenvalue weighted by atomic mass is 35.5. The van der Waals surface area contributed by atoms with Crippen LogP contribution in [0.1, 0.15) is 31.9 Å². The zero-order valence-corrected chi connectivity index (χ0v) is 18.4. The fraction of sp³-hybridized carbons (Fsp3) is 0.500. The highest BCUT2D eigenvalue weighted by molar-refractivity contribution is 7.92. The van der Waals surface area contributed by atoms with Gasteiger partial charge in [-0.2, -0.15) is 9.98 Å². The molecule has 1 aromatic heterocycles. The van der Waals surface area contributed by atoms with Crippen molar-refractivity contribution in [2.45, 2.75) is 43.1 Å². The maximum absolute atomic E-state index is 13.2. The van der Waals surface area contributed by atoms with Crippen LogP contribution in [0.3, 0.4) is 0 Å². The van der Waals surface area contributed by atoms with Gasteiger partial charge in [0.05, 0.1) is 0 Å². The maximum atomic E-state index is 13.2. The zero-order chi connectivity index (χ0) is 21.8. The highest BCUT2D eigenvalue weighted by Crippen LogP contribution is 2.25. The summed E-state index contributed by atoms with van der Waals surface area (Å²) in [5.41, 5.74) is 0.451. The van der Waals surface area contributed by atoms with Crippen LogP contribution in [0.15, 0.2) is 42.8 Å². The van der Waals surface area contributed by atoms with Crippen LogP contribution in [0.5, 0.6) is 0 Å². The molecule has 8 nitrogen and oxygen atoms in total. The molecule has 10 heteroatoms. The second kappa shape index (κ2) is 9.25. The van der Waals surface area contributed by atoms with Crippen LogP contribution in [0.25, 0.3) is 0 Å². The van der Waals surface area contributed by atoms with Gasteiger partial charge < -0.3 is 14.8 Å². The fourth-order valence-corrected chi connectivity index (χ4v) is 5.06. The third kappa shape index (κ3) is 4.89. The number of nitriles is 1. The molecule has 3 heterocycles. The molecule has 1 fully saturated rings. The molecule has 2 aliphatic rings. The number of nitrogens with one attached hydrogen (secondary N) is 2. The number of carbonyl (C=O) groups excluding carboxylic acids is 1. The summed E-state index contributed by atoms with van der Waals surface area (Å²) in [4.78, 5) is 14.9. The SMILES string of the molecule is CC1CCN(C(=O)C(CCn2cccc2C#N)NS(=O)(=O)C2(Cl)C=CC=CN2)CC1. The molecule has 2 N–H and O–H groups in total. The van der Waals surface area contributed by atoms with E-state index in [9.17, 15) is 18.5 Å². The Bertz CT molecular complexity index is 973. The Labute approximate surface area is 182 Å². The Hall–Kier alpha value is -2.28. The molecule has 162 valence electrons. The predicted octanol–water partition coefficient (Wildman–Crippen LogP) is 1.86. The minimum Gasteiger partial charge on any atom is -0.356 e. The van der Waals surface area contributed by atoms with Gasteiger partial charge in [0.2, 0.25) is 10.2 Å². The lowest BCUT2D eigenvalue weighted by molar-refractivity contribution is -0.134. The van der Waals surface area contributed by atoms with E-state index in [1.165, 1.54) is 18.4 Å². The van der Waals surface area contributed by atoms with E-state index in [0.717, 1.165) is 12.8 Å². The number of hydrogen-bond donors (Lipinski definition) is 2. The second-order valence-corrected chi connectivity index (χ2v) is 10.4. The molecule has 1 amide bonds. The van der Waals surface area contributed by atoms with E-state index < -0.39 is 20.4 Å². The molecular weight excluding hydrogens is 426 g/mol. The summed E-state index contributed by atoms with van der Waals surface area (Å²) in [5.74, 6) is 0.267. The van der Waals surface area contributed by atoms with Gasteiger partial charge >= 0.3 is 0 Å². The molecule has 0 saturated carbocycles. The van der Waals surface area contributed by atoms with E-state index in [1.54, 1.807) is 33.9 Å². The number of likely N-dealkylation sites (tertiary alicyclic amines) is 1. The Morgan fingerprint density at radius 2 is 2.17 bits per heavy atom. The minimum atomic E-state index is -4.14. The number of alkyl halides is 1. The van der Waals surface area contributed by atoms with Crippen molar-refractivity contribution in [1.82, 2.24) is 19.5 Å². The summed E-state index contributed by atoms with van der Waals surface area (Å²) in [6.45, 7) is 3.65. The molecule has 2 unspecified atom stereocenters. The smallest absolute Gasteiger partial charge is 0.254 e. The molecule has 1 saturated heterocycles. The van der Waals surface area contributed by atoms with Crippen LogP contribution in [0.4, 0.5) is 0 Å². The van der Waals surface area contributed by atoms with Gasteiger partial charge in [-0.1, -0.05) is 24.6 Å². The van der Waals surface area contributed by atoms with E-state index in [0.29, 0.717) is 31.2 Å². The number of aryl methyl sites for hydroxylation is 1. The lowest BCUT2D eigenvalue weighted by Crippen LogP contribution is -2.57. The summed E-state index contributed by atoms with van der Waals surface area (Å²) in [6, 6.07) is 4.50. The number of hydrogen-bond acceptors (Lipinski definition) is 5. The molecule has 0 spiro atoms. The first-order chi connectivity index (χ1) is 14.3. The maximum Gasteiger partial charge on any atom is 0.254 e. The Morgan fingerprint density at radius 1 is 1.43 bits per heavy atom. The van der Waals surface area contributed by atoms with Gasteiger partial charge in [0.25, 0.3) is 10.0 Å². The molecular formula is C20H26ClN5O3S. The molecule has 2 atom stereocenters. The van der Waals surface area contributed by atoms with Crippen molar-refractivity contribution in [3.8, 4) is 6.07 Å². The van der Waals surface area contributed by atoms with Crippen LogP contribution in [-0.2, 0) is 21.4 Å². The van der Waals surface area contributed by atoms with Crippen molar-refractivity contribution in [3.05, 3.63) is 48.5 Å². The first-order valence-corrected chi connectivity index (χ1v) is 11.8. The minimum absolute atomic E-state index is 0.194. The van der Waals surface area contributed by atoms with Gasteiger partial charge in [0.15, 0.2) is 0 Å². The Balaban J connectivity index is 1.79. The number of amides is 1. The number of sulfonamides is 1. The largest absolute Gasteiger partial charge is 0.356 e. The fourth-order valence-electron chi connectivity index (χ4n) is 3.55. The Morgan fingerprint density at radius 3 is 2.80 bits per heavy atom. The van der Waals surface area contributed by atoms with Gasteiger partial charge in [-0.25, -0.2) is 8.42 Å². The van der Waals surface area contributed by atoms with Gasteiger partial charge in [-0.15, -0.1) is 0 Å². The number of piperidine rings is 1. The average Bonchev–Trinajstić information content (AvgIpc) is 3.19. The van der Waals surface area contributed by atoms with E-state index in [2.05, 4.69) is 23.0 Å². The van der Waals surface area contributed by atoms with Crippen LogP contribution in [0.2, 0.25) is 0 Å². The summed E-state index contributed by atoms with van der Waals surface area (Å²) in [7, 11) is -4.14. The summed E-state index contributed by atoms with van der Waals surface area (Å²) < 4.78 is 28.4. The van der Waals surface area contributed by atoms with Crippen LogP contribution >= 0.6 is 11.6 Å². The number of nitrogens with zero attached hydrogens (tertiary/aromatic N) is 3. The van der Waals surface area contributed by atoms with Gasteiger partial charge in [0.1, 0.15) is 17.8 Å². The molecule has 0 radical (unpaired) electrons. The monoisotopic (exact) mass is 451 g/mol. The van der Waals surface area contributed by atoms with Crippen molar-refractivity contribution >= 4 is 27.5 Å². The first kappa shape index (κ1) is 22.4. The molecule has 1 aromatic rings. The van der Waals surface area contributed by atoms with Crippen molar-refractivity contribution in [3.63, 3.8) is 0 Å². The number of carbonyl (C=O) groups is 1. The summed E-state index contributed by atoms with van der Waals surface area (Å²) in [6.07, 6.45) is 9.62. The number of rotatable bonds is 7. The summed E-state index contributed by atoms with van der Waals surface area (Å²) in [5, 5.41) is 11.8. The van der Waals surface area contributed by atoms with Crippen molar-refractivity contribution in [1.29, 1.82) is 5.26 Å². The number of halogens is 1. The van der Waals surface area contributed by atoms with Crippen molar-refractivity contribution in [2.24, 2.45) is 5.92 Å². The quantitative estimate of drug-likeness (QED) is 0.486. The average molecular weight is 452 g/mol. The highest BCUT2D eigenvalue weighted by Gasteiger charge is 2.42. The second-order valence-electron chi connectivity index (χ2n) is 7.68. The van der Waals surface area contributed by atoms with E-state index in [-0.39, 0.29) is 12.3 Å². The molecule has 0 bridgehead atoms. The number of dihydropyridines is 1. The van der Waals surface area contributed by atoms with Crippen LogP contribution < -0.4 is 10.0 Å². The molecule has 2 aliphatic heterocycles. The first-order valence-electron chi connectivity index (χ1n) is 9.92. The number of allylic oxidation sites excluding steroid dienone is 2. The molecule has 30 heavy (non-hydrogen) atoms. The molecule has 0 aromatic carbocycles. The van der Waals surface area contributed by atoms with E-state index in [1.807, 2.05) is 0 Å². The topological polar surface area (TPSA) is 107 Å². The lowest BCUT2D eigenvalue weighted by Gasteiger charge is -2.34. The van der Waals surface area contributed by atoms with Gasteiger partial charge in [-0.3, -0.25) is 4.79 Å². The zero-order valence-electron chi connectivity index (χ0n) is 16.8. The van der Waals surface area contributed by atoms with Crippen molar-refractivity contribution < 1.29 is 13.2 Å². The number of aromatic nitrogens is 1. The molecule has 0 aliphatic carbocycles. The van der Waals surface area contributed by atoms with Crippen LogP contribution in [-0.4, -0.2) is 47.3 Å². The van der Waals surface area contributed by atoms with E-state index in [4.69, 9.17) is 11.6 Å². The predicted molar refractivity (Wildman–Crippen MR) is 115 cm³/mol. The Kier molecular flexibility index (Phi) is 6.91. The summed E-state index contributed by atoms with van der Waals surface area (Å²) >= 11 is 6.30. The lowest BCUT2D eigenvalue weighted by atomic mass is 9.98. The van der Waals surface area contributed by atoms with E-state index >= 15 is 0 Å². The third-order valence-electron chi connectivity index (χ3n) is 5.48. The standard InChI is InChI=1S/C20H26ClN5O3S/c1-16-6-12-26(13-7-16)19(27)18(8-14-25-11-4-5-17(25)15-22)24-30(28,29)20(21)9-2-3-10-23-20/h2-5,9-11,16,18,23-24H,6-8,12-14H2,1H3. The molecule has 3 rings (SSSR count). The van der Waals surface area contributed by atoms with Gasteiger partial charge in [0, 0.05) is 25.8 Å². The van der Waals surface area contributed by atoms with Crippen molar-refractivity contribution in [2.75, 3.05) is 13.1 Å².